The third-order valence-corrected chi connectivity index (χ3v) is 0. The number of hydrogen-bond acceptors (Lipinski definition) is 1. The predicted octanol–water partition coefficient (Wildman–Crippen LogP) is 8.08. The Morgan fingerprint density at radius 1 is 0.312 bits per heavy atom. The van der Waals surface area contributed by atoms with E-state index in [0.29, 0.717) is 0 Å². The van der Waals surface area contributed by atoms with E-state index < -0.39 is 0 Å². The number of hydrogen-bond donors (Lipinski definition) is 1. The molecule has 0 spiro atoms. The molecule has 1 nitrogen and oxygen atoms in total. The van der Waals surface area contributed by atoms with E-state index in [2.05, 4.69) is 0 Å². The van der Waals surface area contributed by atoms with Gasteiger partial charge in [-0.25, -0.2) is 0 Å². The smallest absolute Gasteiger partial charge is 0 e. The van der Waals surface area contributed by atoms with Crippen LogP contribution in [0.4, 0.5) is 0 Å². The summed E-state index contributed by atoms with van der Waals surface area (Å²) in [5.41, 5.74) is 0. The molecule has 0 atom stereocenters. The molecule has 0 radical (unpaired) electrons. The van der Waals surface area contributed by atoms with E-state index in [9.17, 15) is 0 Å². The van der Waals surface area contributed by atoms with Crippen molar-refractivity contribution in [1.29, 1.82) is 0 Å². The second kappa shape index (κ2) is 8620. The van der Waals surface area contributed by atoms with E-state index in [1.807, 2.05) is 55.4 Å². The molecule has 0 aliphatic rings. The molecule has 16 heavy (non-hydrogen) atoms. The van der Waals surface area contributed by atoms with Crippen molar-refractivity contribution in [3.05, 3.63) is 0 Å². The maximum Gasteiger partial charge on any atom is 0 e. The van der Waals surface area contributed by atoms with Gasteiger partial charge in [-0.3, -0.25) is 0 Å². The Kier molecular flexibility index (Phi) is 102000. The maximum absolute atomic E-state index is 2.00. The first-order chi connectivity index (χ1) is 4.00. The van der Waals surface area contributed by atoms with E-state index in [1.165, 1.54) is 0 Å². The summed E-state index contributed by atoms with van der Waals surface area (Å²) in [5, 5.41) is 0. The normalized spacial score (nSPS) is 1.50. The van der Waals surface area contributed by atoms with Gasteiger partial charge in [-0.15, -0.1) is 0 Å². The maximum atomic E-state index is 2.00. The van der Waals surface area contributed by atoms with Crippen LogP contribution in [-0.2, 0) is 20.4 Å². The van der Waals surface area contributed by atoms with Crippen LogP contribution in [0.15, 0.2) is 0 Å². The van der Waals surface area contributed by atoms with Crippen LogP contribution >= 0.6 is 0 Å². The van der Waals surface area contributed by atoms with Crippen LogP contribution in [0.5, 0.6) is 0 Å². The molecule has 122 valence electrons. The standard InChI is InChI=1S/4C2H6.6CH4.H3N.Pd/c4*1-2;;;;;;;;/h4*1-2H3;6*1H4;1H3;. The molecule has 0 unspecified atom stereocenters. The van der Waals surface area contributed by atoms with Crippen molar-refractivity contribution in [3.63, 3.8) is 0 Å². The van der Waals surface area contributed by atoms with E-state index >= 15 is 0 Å². The van der Waals surface area contributed by atoms with Gasteiger partial charge >= 0.3 is 0 Å². The minimum Gasteiger partial charge on any atom is -0.344 e. The van der Waals surface area contributed by atoms with Gasteiger partial charge in [0.25, 0.3) is 0 Å². The van der Waals surface area contributed by atoms with Gasteiger partial charge in [0.1, 0.15) is 0 Å². The van der Waals surface area contributed by atoms with Gasteiger partial charge < -0.3 is 6.15 Å². The summed E-state index contributed by atoms with van der Waals surface area (Å²) in [6.45, 7) is 16.0. The van der Waals surface area contributed by atoms with Crippen molar-refractivity contribution < 1.29 is 20.4 Å². The van der Waals surface area contributed by atoms with Gasteiger partial charge in [0, 0.05) is 20.4 Å². The molecule has 0 amide bonds. The summed E-state index contributed by atoms with van der Waals surface area (Å²) in [6, 6.07) is 0. The average Bonchev–Trinajstić information content (AvgIpc) is 2.03. The Bertz CT molecular complexity index is 10.7. The fraction of sp³-hybridized carbons (Fsp3) is 1.00. The average molecular weight is 340 g/mol. The quantitative estimate of drug-likeness (QED) is 0.444. The van der Waals surface area contributed by atoms with Gasteiger partial charge in [0.05, 0.1) is 0 Å². The Labute approximate surface area is 126 Å². The first-order valence-corrected chi connectivity index (χ1v) is 4.00. The van der Waals surface area contributed by atoms with Crippen molar-refractivity contribution in [1.82, 2.24) is 6.15 Å². The fourth-order valence-electron chi connectivity index (χ4n) is 0. The Balaban J connectivity index is -0.00000000114. The SMILES string of the molecule is C.C.C.C.C.C.CC.CC.CC.CC.N.[Pd]. The molecule has 0 bridgehead atoms. The largest absolute Gasteiger partial charge is 0.344 e. The fourth-order valence-corrected chi connectivity index (χ4v) is 0. The monoisotopic (exact) mass is 339 g/mol. The van der Waals surface area contributed by atoms with Crippen LogP contribution < -0.4 is 6.15 Å². The molecular formula is C14H51NPd. The van der Waals surface area contributed by atoms with Crippen molar-refractivity contribution in [3.8, 4) is 0 Å². The van der Waals surface area contributed by atoms with Crippen LogP contribution in [-0.4, -0.2) is 0 Å². The van der Waals surface area contributed by atoms with Crippen LogP contribution in [0, 0.1) is 0 Å². The van der Waals surface area contributed by atoms with Gasteiger partial charge in [0.15, 0.2) is 0 Å². The first-order valence-electron chi connectivity index (χ1n) is 4.00. The minimum absolute atomic E-state index is 0. The molecule has 0 fully saturated rings. The summed E-state index contributed by atoms with van der Waals surface area (Å²) in [6.07, 6.45) is 0. The van der Waals surface area contributed by atoms with E-state index in [1.54, 1.807) is 0 Å². The Hall–Kier alpha value is 0.622. The van der Waals surface area contributed by atoms with Crippen molar-refractivity contribution in [2.75, 3.05) is 0 Å². The predicted molar refractivity (Wildman–Crippen MR) is 90.8 cm³/mol. The van der Waals surface area contributed by atoms with Crippen molar-refractivity contribution in [2.24, 2.45) is 0 Å². The summed E-state index contributed by atoms with van der Waals surface area (Å²) in [7, 11) is 0. The third kappa shape index (κ3) is 7010. The summed E-state index contributed by atoms with van der Waals surface area (Å²) in [5.74, 6) is 0. The third-order valence-electron chi connectivity index (χ3n) is 0. The topological polar surface area (TPSA) is 35.0 Å². The summed E-state index contributed by atoms with van der Waals surface area (Å²) < 4.78 is 0. The molecule has 0 aliphatic carbocycles. The van der Waals surface area contributed by atoms with Gasteiger partial charge in [0.2, 0.25) is 0 Å². The molecule has 0 rings (SSSR count). The molecule has 0 aromatic carbocycles. The second-order valence-electron chi connectivity index (χ2n) is 0. The zero-order valence-electron chi connectivity index (χ0n) is 9.02. The molecule has 0 aliphatic heterocycles. The van der Waals surface area contributed by atoms with Gasteiger partial charge in [-0.05, 0) is 0 Å². The van der Waals surface area contributed by atoms with E-state index in [0.717, 1.165) is 0 Å². The minimum atomic E-state index is 0. The van der Waals surface area contributed by atoms with Gasteiger partial charge in [-0.1, -0.05) is 99.9 Å². The summed E-state index contributed by atoms with van der Waals surface area (Å²) >= 11 is 0. The van der Waals surface area contributed by atoms with E-state index in [-0.39, 0.29) is 71.1 Å². The molecular weight excluding hydrogens is 289 g/mol. The molecule has 0 heterocycles. The van der Waals surface area contributed by atoms with Crippen molar-refractivity contribution in [2.45, 2.75) is 99.9 Å². The summed E-state index contributed by atoms with van der Waals surface area (Å²) in [4.78, 5) is 0. The first kappa shape index (κ1) is 190. The van der Waals surface area contributed by atoms with Gasteiger partial charge in [-0.2, -0.15) is 0 Å². The number of rotatable bonds is 0. The van der Waals surface area contributed by atoms with Crippen LogP contribution in [0.3, 0.4) is 0 Å². The van der Waals surface area contributed by atoms with Crippen LogP contribution in [0.25, 0.3) is 0 Å². The molecule has 3 N–H and O–H groups in total. The molecule has 2 heteroatoms. The molecule has 0 aromatic rings. The zero-order valence-corrected chi connectivity index (χ0v) is 10.6. The van der Waals surface area contributed by atoms with E-state index in [4.69, 9.17) is 0 Å². The van der Waals surface area contributed by atoms with Crippen LogP contribution in [0.2, 0.25) is 0 Å². The second-order valence-corrected chi connectivity index (χ2v) is 0. The Morgan fingerprint density at radius 2 is 0.312 bits per heavy atom. The molecule has 0 aromatic heterocycles. The molecule has 0 saturated heterocycles. The van der Waals surface area contributed by atoms with Crippen LogP contribution in [0.1, 0.15) is 99.9 Å². The molecule has 0 saturated carbocycles. The Morgan fingerprint density at radius 3 is 0.312 bits per heavy atom. The zero-order chi connectivity index (χ0) is 8.00. The van der Waals surface area contributed by atoms with Crippen molar-refractivity contribution >= 4 is 0 Å².